The van der Waals surface area contributed by atoms with E-state index in [1.54, 1.807) is 0 Å². The lowest BCUT2D eigenvalue weighted by atomic mass is 10.2. The molecule has 0 aliphatic heterocycles. The van der Waals surface area contributed by atoms with Gasteiger partial charge in [-0.2, -0.15) is 17.0 Å². The SMILES string of the molecule is CC(C)C(C)SCC(C#N)NC1CC1. The lowest BCUT2D eigenvalue weighted by Crippen LogP contribution is -2.32. The Morgan fingerprint density at radius 2 is 2.07 bits per heavy atom. The summed E-state index contributed by atoms with van der Waals surface area (Å²) in [5.41, 5.74) is 0. The van der Waals surface area contributed by atoms with Gasteiger partial charge in [0.25, 0.3) is 0 Å². The first-order valence-corrected chi connectivity index (χ1v) is 6.45. The van der Waals surface area contributed by atoms with Gasteiger partial charge in [-0.3, -0.25) is 5.32 Å². The summed E-state index contributed by atoms with van der Waals surface area (Å²) in [7, 11) is 0. The van der Waals surface area contributed by atoms with E-state index in [2.05, 4.69) is 32.2 Å². The third kappa shape index (κ3) is 4.34. The van der Waals surface area contributed by atoms with Crippen molar-refractivity contribution < 1.29 is 0 Å². The van der Waals surface area contributed by atoms with Crippen LogP contribution in [-0.2, 0) is 0 Å². The summed E-state index contributed by atoms with van der Waals surface area (Å²) < 4.78 is 0. The van der Waals surface area contributed by atoms with Crippen molar-refractivity contribution in [2.45, 2.75) is 50.9 Å². The van der Waals surface area contributed by atoms with Crippen LogP contribution in [0.25, 0.3) is 0 Å². The molecule has 3 heteroatoms. The molecule has 14 heavy (non-hydrogen) atoms. The van der Waals surface area contributed by atoms with Gasteiger partial charge in [0.05, 0.1) is 6.07 Å². The molecule has 0 aromatic rings. The molecule has 0 radical (unpaired) electrons. The maximum atomic E-state index is 8.93. The van der Waals surface area contributed by atoms with Gasteiger partial charge < -0.3 is 0 Å². The van der Waals surface area contributed by atoms with Crippen molar-refractivity contribution in [2.24, 2.45) is 5.92 Å². The molecule has 1 rings (SSSR count). The highest BCUT2D eigenvalue weighted by Crippen LogP contribution is 2.22. The molecular weight excluding hydrogens is 192 g/mol. The lowest BCUT2D eigenvalue weighted by Gasteiger charge is -2.17. The Balaban J connectivity index is 2.16. The molecule has 1 saturated carbocycles. The standard InChI is InChI=1S/C11H20N2S/c1-8(2)9(3)14-7-11(6-12)13-10-4-5-10/h8-11,13H,4-5,7H2,1-3H3. The first-order valence-electron chi connectivity index (χ1n) is 5.40. The van der Waals surface area contributed by atoms with E-state index in [4.69, 9.17) is 5.26 Å². The molecule has 1 fully saturated rings. The minimum Gasteiger partial charge on any atom is -0.298 e. The third-order valence-corrected chi connectivity index (χ3v) is 4.23. The van der Waals surface area contributed by atoms with Gasteiger partial charge in [-0.25, -0.2) is 0 Å². The molecule has 1 aliphatic rings. The molecule has 2 unspecified atom stereocenters. The number of nitrogens with one attached hydrogen (secondary N) is 1. The van der Waals surface area contributed by atoms with Crippen molar-refractivity contribution >= 4 is 11.8 Å². The van der Waals surface area contributed by atoms with E-state index in [0.717, 1.165) is 5.75 Å². The minimum atomic E-state index is 0.0497. The van der Waals surface area contributed by atoms with Crippen LogP contribution in [0.2, 0.25) is 0 Å². The molecule has 2 atom stereocenters. The molecule has 0 spiro atoms. The fourth-order valence-corrected chi connectivity index (χ4v) is 2.15. The summed E-state index contributed by atoms with van der Waals surface area (Å²) in [5.74, 6) is 1.62. The van der Waals surface area contributed by atoms with Gasteiger partial charge in [-0.05, 0) is 18.8 Å². The molecule has 0 saturated heterocycles. The molecule has 0 aromatic carbocycles. The maximum absolute atomic E-state index is 8.93. The fourth-order valence-electron chi connectivity index (χ4n) is 1.10. The monoisotopic (exact) mass is 212 g/mol. The van der Waals surface area contributed by atoms with Crippen LogP contribution in [0.15, 0.2) is 0 Å². The third-order valence-electron chi connectivity index (χ3n) is 2.63. The summed E-state index contributed by atoms with van der Waals surface area (Å²) in [4.78, 5) is 0. The molecule has 1 aliphatic carbocycles. The molecule has 0 bridgehead atoms. The Bertz CT molecular complexity index is 206. The van der Waals surface area contributed by atoms with Crippen LogP contribution < -0.4 is 5.32 Å². The first-order chi connectivity index (χ1) is 6.63. The second-order valence-corrected chi connectivity index (χ2v) is 5.82. The van der Waals surface area contributed by atoms with Crippen LogP contribution in [0.5, 0.6) is 0 Å². The lowest BCUT2D eigenvalue weighted by molar-refractivity contribution is 0.626. The van der Waals surface area contributed by atoms with Gasteiger partial charge in [0.15, 0.2) is 0 Å². The van der Waals surface area contributed by atoms with Crippen molar-refractivity contribution in [2.75, 3.05) is 5.75 Å². The molecule has 0 aromatic heterocycles. The highest BCUT2D eigenvalue weighted by Gasteiger charge is 2.24. The Morgan fingerprint density at radius 1 is 1.43 bits per heavy atom. The van der Waals surface area contributed by atoms with Gasteiger partial charge in [-0.1, -0.05) is 20.8 Å². The predicted molar refractivity (Wildman–Crippen MR) is 62.3 cm³/mol. The molecule has 80 valence electrons. The molecular formula is C11H20N2S. The summed E-state index contributed by atoms with van der Waals surface area (Å²) in [6.45, 7) is 6.70. The van der Waals surface area contributed by atoms with Crippen molar-refractivity contribution in [3.63, 3.8) is 0 Å². The normalized spacial score (nSPS) is 20.5. The molecule has 0 heterocycles. The van der Waals surface area contributed by atoms with E-state index in [9.17, 15) is 0 Å². The van der Waals surface area contributed by atoms with Crippen LogP contribution in [0.1, 0.15) is 33.6 Å². The zero-order valence-corrected chi connectivity index (χ0v) is 10.1. The molecule has 2 nitrogen and oxygen atoms in total. The van der Waals surface area contributed by atoms with Crippen LogP contribution in [-0.4, -0.2) is 23.1 Å². The largest absolute Gasteiger partial charge is 0.298 e. The van der Waals surface area contributed by atoms with E-state index in [1.807, 2.05) is 11.8 Å². The minimum absolute atomic E-state index is 0.0497. The zero-order chi connectivity index (χ0) is 10.6. The Hall–Kier alpha value is -0.200. The molecule has 0 amide bonds. The van der Waals surface area contributed by atoms with Crippen molar-refractivity contribution in [1.82, 2.24) is 5.32 Å². The number of nitriles is 1. The number of nitrogens with zero attached hydrogens (tertiary/aromatic N) is 1. The number of rotatable bonds is 6. The van der Waals surface area contributed by atoms with Gasteiger partial charge in [0, 0.05) is 17.0 Å². The van der Waals surface area contributed by atoms with E-state index in [1.165, 1.54) is 12.8 Å². The zero-order valence-electron chi connectivity index (χ0n) is 9.29. The summed E-state index contributed by atoms with van der Waals surface area (Å²) >= 11 is 1.90. The quantitative estimate of drug-likeness (QED) is 0.734. The summed E-state index contributed by atoms with van der Waals surface area (Å²) in [5, 5.41) is 12.9. The summed E-state index contributed by atoms with van der Waals surface area (Å²) in [6.07, 6.45) is 2.51. The Morgan fingerprint density at radius 3 is 2.50 bits per heavy atom. The van der Waals surface area contributed by atoms with Crippen LogP contribution in [0.4, 0.5) is 0 Å². The van der Waals surface area contributed by atoms with Gasteiger partial charge in [0.2, 0.25) is 0 Å². The number of thioether (sulfide) groups is 1. The average Bonchev–Trinajstić information content (AvgIpc) is 2.95. The Labute approximate surface area is 91.4 Å². The Kier molecular flexibility index (Phi) is 4.77. The fraction of sp³-hybridized carbons (Fsp3) is 0.909. The highest BCUT2D eigenvalue weighted by atomic mass is 32.2. The average molecular weight is 212 g/mol. The van der Waals surface area contributed by atoms with Gasteiger partial charge in [0.1, 0.15) is 6.04 Å². The van der Waals surface area contributed by atoms with Gasteiger partial charge >= 0.3 is 0 Å². The van der Waals surface area contributed by atoms with Crippen LogP contribution in [0, 0.1) is 17.2 Å². The van der Waals surface area contributed by atoms with Crippen molar-refractivity contribution in [3.05, 3.63) is 0 Å². The van der Waals surface area contributed by atoms with Crippen LogP contribution in [0.3, 0.4) is 0 Å². The van der Waals surface area contributed by atoms with E-state index >= 15 is 0 Å². The van der Waals surface area contributed by atoms with Gasteiger partial charge in [-0.15, -0.1) is 0 Å². The smallest absolute Gasteiger partial charge is 0.105 e. The highest BCUT2D eigenvalue weighted by molar-refractivity contribution is 7.99. The van der Waals surface area contributed by atoms with Crippen molar-refractivity contribution in [3.8, 4) is 6.07 Å². The summed E-state index contributed by atoms with van der Waals surface area (Å²) in [6, 6.07) is 3.02. The second-order valence-electron chi connectivity index (χ2n) is 4.41. The van der Waals surface area contributed by atoms with E-state index in [-0.39, 0.29) is 6.04 Å². The maximum Gasteiger partial charge on any atom is 0.105 e. The van der Waals surface area contributed by atoms with Crippen molar-refractivity contribution in [1.29, 1.82) is 5.26 Å². The topological polar surface area (TPSA) is 35.8 Å². The van der Waals surface area contributed by atoms with E-state index in [0.29, 0.717) is 17.2 Å². The van der Waals surface area contributed by atoms with E-state index < -0.39 is 0 Å². The second kappa shape index (κ2) is 5.63. The number of hydrogen-bond donors (Lipinski definition) is 1. The molecule has 1 N–H and O–H groups in total. The van der Waals surface area contributed by atoms with Crippen LogP contribution >= 0.6 is 11.8 Å². The number of hydrogen-bond acceptors (Lipinski definition) is 3. The predicted octanol–water partition coefficient (Wildman–Crippen LogP) is 2.41. The first kappa shape index (κ1) is 11.9.